The van der Waals surface area contributed by atoms with Crippen molar-refractivity contribution in [1.29, 1.82) is 5.26 Å². The highest BCUT2D eigenvalue weighted by atomic mass is 15.0. The average molecular weight is 173 g/mol. The second-order valence-electron chi connectivity index (χ2n) is 3.51. The lowest BCUT2D eigenvalue weighted by Crippen LogP contribution is -2.03. The number of nitrogens with zero attached hydrogens (tertiary/aromatic N) is 2. The van der Waals surface area contributed by atoms with Gasteiger partial charge in [-0.15, -0.1) is 0 Å². The molecule has 1 N–H and O–H groups in total. The Morgan fingerprint density at radius 2 is 2.46 bits per heavy atom. The van der Waals surface area contributed by atoms with Crippen molar-refractivity contribution in [2.24, 2.45) is 5.92 Å². The lowest BCUT2D eigenvalue weighted by molar-refractivity contribution is 0.929. The first-order valence-electron chi connectivity index (χ1n) is 4.42. The maximum Gasteiger partial charge on any atom is 0.142 e. The van der Waals surface area contributed by atoms with Gasteiger partial charge in [0, 0.05) is 17.9 Å². The van der Waals surface area contributed by atoms with Gasteiger partial charge in [0.2, 0.25) is 0 Å². The lowest BCUT2D eigenvalue weighted by Gasteiger charge is -2.03. The van der Waals surface area contributed by atoms with E-state index in [1.54, 1.807) is 12.3 Å². The Balaban J connectivity index is 2.08. The van der Waals surface area contributed by atoms with Crippen LogP contribution >= 0.6 is 0 Å². The molecule has 1 aliphatic carbocycles. The van der Waals surface area contributed by atoms with Gasteiger partial charge in [-0.3, -0.25) is 0 Å². The lowest BCUT2D eigenvalue weighted by atomic mass is 10.3. The van der Waals surface area contributed by atoms with Gasteiger partial charge in [0.15, 0.2) is 0 Å². The number of hydrogen-bond donors (Lipinski definition) is 1. The van der Waals surface area contributed by atoms with Crippen LogP contribution in [0.2, 0.25) is 0 Å². The first-order valence-corrected chi connectivity index (χ1v) is 4.42. The van der Waals surface area contributed by atoms with Crippen LogP contribution in [0.25, 0.3) is 0 Å². The molecule has 2 unspecified atom stereocenters. The normalized spacial score (nSPS) is 24.9. The van der Waals surface area contributed by atoms with Gasteiger partial charge in [-0.1, -0.05) is 6.92 Å². The molecule has 0 bridgehead atoms. The Morgan fingerprint density at radius 1 is 1.69 bits per heavy atom. The van der Waals surface area contributed by atoms with Crippen molar-refractivity contribution in [3.8, 4) is 6.07 Å². The molecule has 13 heavy (non-hydrogen) atoms. The minimum Gasteiger partial charge on any atom is -0.382 e. The molecule has 0 spiro atoms. The van der Waals surface area contributed by atoms with Gasteiger partial charge in [0.05, 0.1) is 0 Å². The van der Waals surface area contributed by atoms with E-state index >= 15 is 0 Å². The highest BCUT2D eigenvalue weighted by Gasteiger charge is 2.32. The van der Waals surface area contributed by atoms with Crippen molar-refractivity contribution in [1.82, 2.24) is 4.98 Å². The van der Waals surface area contributed by atoms with Gasteiger partial charge in [0.1, 0.15) is 11.8 Å². The fraction of sp³-hybridized carbons (Fsp3) is 0.400. The van der Waals surface area contributed by atoms with Gasteiger partial charge in [-0.05, 0) is 24.5 Å². The molecule has 0 saturated heterocycles. The Morgan fingerprint density at radius 3 is 3.08 bits per heavy atom. The molecule has 1 aromatic rings. The third kappa shape index (κ3) is 1.78. The summed E-state index contributed by atoms with van der Waals surface area (Å²) in [4.78, 5) is 3.90. The summed E-state index contributed by atoms with van der Waals surface area (Å²) in [7, 11) is 0. The van der Waals surface area contributed by atoms with Gasteiger partial charge < -0.3 is 5.32 Å². The van der Waals surface area contributed by atoms with Crippen LogP contribution in [0.1, 0.15) is 19.0 Å². The largest absolute Gasteiger partial charge is 0.382 e. The van der Waals surface area contributed by atoms with E-state index in [0.29, 0.717) is 11.7 Å². The predicted octanol–water partition coefficient (Wildman–Crippen LogP) is 1.77. The molecule has 0 radical (unpaired) electrons. The number of aromatic nitrogens is 1. The van der Waals surface area contributed by atoms with E-state index in [2.05, 4.69) is 17.2 Å². The van der Waals surface area contributed by atoms with E-state index in [0.717, 1.165) is 11.6 Å². The fourth-order valence-electron chi connectivity index (χ4n) is 1.32. The molecule has 3 heteroatoms. The second-order valence-corrected chi connectivity index (χ2v) is 3.51. The maximum atomic E-state index is 8.62. The van der Waals surface area contributed by atoms with Crippen molar-refractivity contribution in [3.63, 3.8) is 0 Å². The Hall–Kier alpha value is -1.56. The van der Waals surface area contributed by atoms with Gasteiger partial charge in [-0.2, -0.15) is 5.26 Å². The first kappa shape index (κ1) is 8.06. The molecule has 1 aliphatic rings. The van der Waals surface area contributed by atoms with Crippen molar-refractivity contribution >= 4 is 5.69 Å². The van der Waals surface area contributed by atoms with Crippen LogP contribution in [-0.4, -0.2) is 11.0 Å². The number of hydrogen-bond acceptors (Lipinski definition) is 3. The van der Waals surface area contributed by atoms with Crippen molar-refractivity contribution in [2.45, 2.75) is 19.4 Å². The van der Waals surface area contributed by atoms with E-state index < -0.39 is 0 Å². The molecule has 66 valence electrons. The molecular weight excluding hydrogens is 162 g/mol. The van der Waals surface area contributed by atoms with Crippen LogP contribution < -0.4 is 5.32 Å². The second kappa shape index (κ2) is 3.06. The molecule has 0 aliphatic heterocycles. The molecule has 3 nitrogen and oxygen atoms in total. The molecule has 2 atom stereocenters. The molecule has 2 rings (SSSR count). The molecule has 1 heterocycles. The average Bonchev–Trinajstić information content (AvgIpc) is 2.82. The van der Waals surface area contributed by atoms with Crippen LogP contribution in [0.15, 0.2) is 18.3 Å². The summed E-state index contributed by atoms with van der Waals surface area (Å²) in [6, 6.07) is 6.29. The number of anilines is 1. The van der Waals surface area contributed by atoms with Crippen LogP contribution in [0.5, 0.6) is 0 Å². The zero-order chi connectivity index (χ0) is 9.26. The van der Waals surface area contributed by atoms with E-state index in [-0.39, 0.29) is 0 Å². The highest BCUT2D eigenvalue weighted by molar-refractivity contribution is 5.47. The van der Waals surface area contributed by atoms with E-state index in [1.807, 2.05) is 12.1 Å². The Labute approximate surface area is 77.4 Å². The number of pyridine rings is 1. The molecular formula is C10H11N3. The zero-order valence-corrected chi connectivity index (χ0v) is 7.49. The van der Waals surface area contributed by atoms with Gasteiger partial charge in [0.25, 0.3) is 0 Å². The summed E-state index contributed by atoms with van der Waals surface area (Å²) >= 11 is 0. The highest BCUT2D eigenvalue weighted by Crippen LogP contribution is 2.32. The summed E-state index contributed by atoms with van der Waals surface area (Å²) in [5.74, 6) is 0.763. The number of nitriles is 1. The number of nitrogens with one attached hydrogen (secondary N) is 1. The zero-order valence-electron chi connectivity index (χ0n) is 7.49. The van der Waals surface area contributed by atoms with E-state index in [4.69, 9.17) is 5.26 Å². The van der Waals surface area contributed by atoms with Gasteiger partial charge in [-0.25, -0.2) is 4.98 Å². The molecule has 1 aromatic heterocycles. The van der Waals surface area contributed by atoms with Gasteiger partial charge >= 0.3 is 0 Å². The van der Waals surface area contributed by atoms with Crippen molar-refractivity contribution in [3.05, 3.63) is 24.0 Å². The maximum absolute atomic E-state index is 8.62. The minimum absolute atomic E-state index is 0.471. The monoisotopic (exact) mass is 173 g/mol. The van der Waals surface area contributed by atoms with Crippen molar-refractivity contribution in [2.75, 3.05) is 5.32 Å². The van der Waals surface area contributed by atoms with Crippen LogP contribution in [0.3, 0.4) is 0 Å². The SMILES string of the molecule is CC1CC1Nc1ccnc(C#N)c1. The van der Waals surface area contributed by atoms with Crippen molar-refractivity contribution < 1.29 is 0 Å². The summed E-state index contributed by atoms with van der Waals surface area (Å²) in [6.45, 7) is 2.21. The molecule has 1 fully saturated rings. The molecule has 0 amide bonds. The van der Waals surface area contributed by atoms with Crippen LogP contribution in [-0.2, 0) is 0 Å². The first-order chi connectivity index (χ1) is 6.29. The summed E-state index contributed by atoms with van der Waals surface area (Å²) < 4.78 is 0. The topological polar surface area (TPSA) is 48.7 Å². The Kier molecular flexibility index (Phi) is 1.90. The third-order valence-electron chi connectivity index (χ3n) is 2.34. The minimum atomic E-state index is 0.471. The predicted molar refractivity (Wildman–Crippen MR) is 50.1 cm³/mol. The standard InChI is InChI=1S/C10H11N3/c1-7-4-10(7)13-8-2-3-12-9(5-8)6-11/h2-3,5,7,10H,4H2,1H3,(H,12,13). The summed E-state index contributed by atoms with van der Waals surface area (Å²) in [6.07, 6.45) is 2.89. The summed E-state index contributed by atoms with van der Waals surface area (Å²) in [5.41, 5.74) is 1.47. The Bertz CT molecular complexity index is 353. The summed E-state index contributed by atoms with van der Waals surface area (Å²) in [5, 5.41) is 12.0. The van der Waals surface area contributed by atoms with Crippen LogP contribution in [0.4, 0.5) is 5.69 Å². The molecule has 0 aromatic carbocycles. The fourth-order valence-corrected chi connectivity index (χ4v) is 1.32. The number of rotatable bonds is 2. The molecule has 1 saturated carbocycles. The van der Waals surface area contributed by atoms with Crippen LogP contribution in [0, 0.1) is 17.2 Å². The van der Waals surface area contributed by atoms with E-state index in [1.165, 1.54) is 6.42 Å². The van der Waals surface area contributed by atoms with E-state index in [9.17, 15) is 0 Å². The quantitative estimate of drug-likeness (QED) is 0.741. The third-order valence-corrected chi connectivity index (χ3v) is 2.34. The smallest absolute Gasteiger partial charge is 0.142 e.